The van der Waals surface area contributed by atoms with Gasteiger partial charge in [-0.3, -0.25) is 14.9 Å². The molecular weight excluding hydrogens is 476 g/mol. The van der Waals surface area contributed by atoms with E-state index in [0.29, 0.717) is 33.1 Å². The fourth-order valence-corrected chi connectivity index (χ4v) is 4.07. The molecule has 3 rings (SSSR count). The lowest BCUT2D eigenvalue weighted by Crippen LogP contribution is -2.14. The van der Waals surface area contributed by atoms with Crippen molar-refractivity contribution in [3.63, 3.8) is 0 Å². The molecule has 1 heterocycles. The van der Waals surface area contributed by atoms with Gasteiger partial charge in [-0.15, -0.1) is 10.2 Å². The first-order valence-electron chi connectivity index (χ1n) is 8.60. The predicted molar refractivity (Wildman–Crippen MR) is 119 cm³/mol. The molecule has 1 aromatic heterocycles. The van der Waals surface area contributed by atoms with Crippen LogP contribution in [0.4, 0.5) is 10.8 Å². The van der Waals surface area contributed by atoms with Crippen LogP contribution in [0.1, 0.15) is 17.3 Å². The van der Waals surface area contributed by atoms with Crippen molar-refractivity contribution in [2.75, 3.05) is 23.0 Å². The minimum atomic E-state index is -0.268. The van der Waals surface area contributed by atoms with Gasteiger partial charge in [0.2, 0.25) is 11.0 Å². The molecule has 2 N–H and O–H groups in total. The summed E-state index contributed by atoms with van der Waals surface area (Å²) in [5.41, 5.74) is 1.14. The quantitative estimate of drug-likeness (QED) is 0.350. The molecule has 3 aromatic rings. The number of hydrogen-bond donors (Lipinski definition) is 2. The summed E-state index contributed by atoms with van der Waals surface area (Å²) >= 11 is 5.79. The van der Waals surface area contributed by atoms with Crippen LogP contribution in [0.5, 0.6) is 5.75 Å². The fraction of sp³-hybridized carbons (Fsp3) is 0.158. The molecule has 0 saturated heterocycles. The maximum atomic E-state index is 12.2. The second-order valence-corrected chi connectivity index (χ2v) is 8.72. The summed E-state index contributed by atoms with van der Waals surface area (Å²) < 4.78 is 6.98. The van der Waals surface area contributed by atoms with Crippen LogP contribution < -0.4 is 15.4 Å². The first-order valence-corrected chi connectivity index (χ1v) is 11.2. The van der Waals surface area contributed by atoms with Gasteiger partial charge in [0.05, 0.1) is 18.0 Å². The van der Waals surface area contributed by atoms with E-state index in [1.165, 1.54) is 23.1 Å². The number of carbonyl (C=O) groups is 2. The predicted octanol–water partition coefficient (Wildman–Crippen LogP) is 4.68. The maximum Gasteiger partial charge on any atom is 0.257 e. The number of nitrogens with zero attached hydrogens (tertiary/aromatic N) is 2. The number of para-hydroxylation sites is 2. The number of carbonyl (C=O) groups excluding carboxylic acids is 2. The summed E-state index contributed by atoms with van der Waals surface area (Å²) in [5, 5.41) is 13.9. The van der Waals surface area contributed by atoms with Gasteiger partial charge in [0.1, 0.15) is 5.75 Å². The number of aromatic nitrogens is 2. The smallest absolute Gasteiger partial charge is 0.257 e. The first kappa shape index (κ1) is 21.3. The van der Waals surface area contributed by atoms with Gasteiger partial charge in [-0.05, 0) is 43.3 Å². The Bertz CT molecular complexity index is 995. The van der Waals surface area contributed by atoms with Gasteiger partial charge in [0, 0.05) is 10.0 Å². The van der Waals surface area contributed by atoms with Crippen LogP contribution in [-0.4, -0.2) is 34.4 Å². The molecular formula is C19H17BrN4O3S2. The van der Waals surface area contributed by atoms with Gasteiger partial charge in [0.25, 0.3) is 5.91 Å². The van der Waals surface area contributed by atoms with Crippen LogP contribution in [0.25, 0.3) is 0 Å². The van der Waals surface area contributed by atoms with Crippen LogP contribution in [0.15, 0.2) is 57.3 Å². The van der Waals surface area contributed by atoms with Gasteiger partial charge >= 0.3 is 0 Å². The molecule has 10 heteroatoms. The van der Waals surface area contributed by atoms with E-state index in [9.17, 15) is 9.59 Å². The summed E-state index contributed by atoms with van der Waals surface area (Å²) in [4.78, 5) is 24.5. The van der Waals surface area contributed by atoms with E-state index >= 15 is 0 Å². The van der Waals surface area contributed by atoms with Crippen LogP contribution in [0.3, 0.4) is 0 Å². The molecule has 150 valence electrons. The zero-order chi connectivity index (χ0) is 20.6. The van der Waals surface area contributed by atoms with Gasteiger partial charge in [-0.25, -0.2) is 0 Å². The molecule has 2 aromatic carbocycles. The van der Waals surface area contributed by atoms with E-state index in [-0.39, 0.29) is 17.6 Å². The number of ether oxygens (including phenoxy) is 1. The molecule has 0 atom stereocenters. The Labute approximate surface area is 184 Å². The SMILES string of the molecule is CCOc1ccccc1NC(=O)CSc1nnc(NC(=O)c2ccc(Br)cc2)s1. The molecule has 0 aliphatic heterocycles. The van der Waals surface area contributed by atoms with E-state index in [1.807, 2.05) is 19.1 Å². The van der Waals surface area contributed by atoms with Crippen LogP contribution in [0.2, 0.25) is 0 Å². The van der Waals surface area contributed by atoms with Crippen molar-refractivity contribution in [1.82, 2.24) is 10.2 Å². The minimum absolute atomic E-state index is 0.162. The number of thioether (sulfide) groups is 1. The Morgan fingerprint density at radius 3 is 2.62 bits per heavy atom. The highest BCUT2D eigenvalue weighted by molar-refractivity contribution is 9.10. The summed E-state index contributed by atoms with van der Waals surface area (Å²) in [6, 6.07) is 14.3. The molecule has 0 aliphatic carbocycles. The molecule has 0 unspecified atom stereocenters. The minimum Gasteiger partial charge on any atom is -0.492 e. The Balaban J connectivity index is 1.52. The number of anilines is 2. The Morgan fingerprint density at radius 2 is 1.86 bits per heavy atom. The lowest BCUT2D eigenvalue weighted by Gasteiger charge is -2.10. The average molecular weight is 493 g/mol. The highest BCUT2D eigenvalue weighted by Gasteiger charge is 2.13. The topological polar surface area (TPSA) is 93.2 Å². The number of nitrogens with one attached hydrogen (secondary N) is 2. The zero-order valence-corrected chi connectivity index (χ0v) is 18.6. The number of halogens is 1. The van der Waals surface area contributed by atoms with E-state index in [4.69, 9.17) is 4.74 Å². The standard InChI is InChI=1S/C19H17BrN4O3S2/c1-2-27-15-6-4-3-5-14(15)21-16(25)11-28-19-24-23-18(29-19)22-17(26)12-7-9-13(20)10-8-12/h3-10H,2,11H2,1H3,(H,21,25)(H,22,23,26). The van der Waals surface area contributed by atoms with Crippen LogP contribution >= 0.6 is 39.0 Å². The van der Waals surface area contributed by atoms with Gasteiger partial charge in [-0.2, -0.15) is 0 Å². The van der Waals surface area contributed by atoms with Crippen molar-refractivity contribution in [1.29, 1.82) is 0 Å². The second-order valence-electron chi connectivity index (χ2n) is 5.60. The monoisotopic (exact) mass is 492 g/mol. The third kappa shape index (κ3) is 6.28. The summed E-state index contributed by atoms with van der Waals surface area (Å²) in [6.45, 7) is 2.40. The van der Waals surface area contributed by atoms with Crippen molar-refractivity contribution in [2.45, 2.75) is 11.3 Å². The fourth-order valence-electron chi connectivity index (χ4n) is 2.25. The highest BCUT2D eigenvalue weighted by atomic mass is 79.9. The number of benzene rings is 2. The molecule has 0 aliphatic rings. The average Bonchev–Trinajstić information content (AvgIpc) is 3.16. The molecule has 2 amide bonds. The van der Waals surface area contributed by atoms with Crippen molar-refractivity contribution < 1.29 is 14.3 Å². The van der Waals surface area contributed by atoms with Crippen LogP contribution in [-0.2, 0) is 4.79 Å². The normalized spacial score (nSPS) is 10.4. The largest absolute Gasteiger partial charge is 0.492 e. The highest BCUT2D eigenvalue weighted by Crippen LogP contribution is 2.27. The molecule has 0 radical (unpaired) electrons. The molecule has 29 heavy (non-hydrogen) atoms. The lowest BCUT2D eigenvalue weighted by molar-refractivity contribution is -0.113. The van der Waals surface area contributed by atoms with Crippen molar-refractivity contribution in [2.24, 2.45) is 0 Å². The third-order valence-electron chi connectivity index (χ3n) is 3.52. The summed E-state index contributed by atoms with van der Waals surface area (Å²) in [7, 11) is 0. The zero-order valence-electron chi connectivity index (χ0n) is 15.3. The third-order valence-corrected chi connectivity index (χ3v) is 6.02. The van der Waals surface area contributed by atoms with Crippen LogP contribution in [0, 0.1) is 0 Å². The van der Waals surface area contributed by atoms with Crippen molar-refractivity contribution >= 4 is 61.7 Å². The number of hydrogen-bond acceptors (Lipinski definition) is 7. The second kappa shape index (κ2) is 10.4. The van der Waals surface area contributed by atoms with Gasteiger partial charge in [-0.1, -0.05) is 51.2 Å². The maximum absolute atomic E-state index is 12.2. The summed E-state index contributed by atoms with van der Waals surface area (Å²) in [6.07, 6.45) is 0. The lowest BCUT2D eigenvalue weighted by atomic mass is 10.2. The molecule has 0 bridgehead atoms. The van der Waals surface area contributed by atoms with Gasteiger partial charge < -0.3 is 10.1 Å². The van der Waals surface area contributed by atoms with E-state index in [1.54, 1.807) is 36.4 Å². The van der Waals surface area contributed by atoms with Crippen molar-refractivity contribution in [3.05, 3.63) is 58.6 Å². The molecule has 0 fully saturated rings. The number of rotatable bonds is 8. The van der Waals surface area contributed by atoms with Gasteiger partial charge in [0.15, 0.2) is 4.34 Å². The molecule has 0 spiro atoms. The Kier molecular flexibility index (Phi) is 7.62. The van der Waals surface area contributed by atoms with E-state index in [2.05, 4.69) is 36.8 Å². The van der Waals surface area contributed by atoms with E-state index < -0.39 is 0 Å². The molecule has 0 saturated carbocycles. The summed E-state index contributed by atoms with van der Waals surface area (Å²) in [5.74, 6) is 0.339. The van der Waals surface area contributed by atoms with Crippen molar-refractivity contribution in [3.8, 4) is 5.75 Å². The Morgan fingerprint density at radius 1 is 1.10 bits per heavy atom. The Hall–Kier alpha value is -2.43. The van der Waals surface area contributed by atoms with E-state index in [0.717, 1.165) is 4.47 Å². The molecule has 7 nitrogen and oxygen atoms in total. The number of amides is 2. The first-order chi connectivity index (χ1) is 14.0.